The maximum absolute atomic E-state index is 12.9. The molecule has 0 bridgehead atoms. The molecule has 0 aliphatic heterocycles. The molecule has 5 nitrogen and oxygen atoms in total. The van der Waals surface area contributed by atoms with Gasteiger partial charge >= 0.3 is 6.18 Å². The topological polar surface area (TPSA) is 84.2 Å². The van der Waals surface area contributed by atoms with Crippen molar-refractivity contribution in [1.82, 2.24) is 10.6 Å². The normalized spacial score (nSPS) is 16.0. The summed E-state index contributed by atoms with van der Waals surface area (Å²) in [6.45, 7) is -0.101. The molecule has 0 unspecified atom stereocenters. The number of benzene rings is 1. The number of nitrogens with one attached hydrogen (secondary N) is 2. The van der Waals surface area contributed by atoms with Gasteiger partial charge in [-0.1, -0.05) is 25.0 Å². The Morgan fingerprint density at radius 3 is 2.32 bits per heavy atom. The van der Waals surface area contributed by atoms with Gasteiger partial charge in [0.1, 0.15) is 0 Å². The molecule has 0 heterocycles. The van der Waals surface area contributed by atoms with Crippen LogP contribution in [0, 0.1) is 0 Å². The summed E-state index contributed by atoms with van der Waals surface area (Å²) >= 11 is 0. The van der Waals surface area contributed by atoms with Gasteiger partial charge in [-0.2, -0.15) is 13.2 Å². The molecule has 1 fully saturated rings. The van der Waals surface area contributed by atoms with E-state index in [0.717, 1.165) is 37.8 Å². The first-order valence-corrected chi connectivity index (χ1v) is 7.73. The van der Waals surface area contributed by atoms with Crippen molar-refractivity contribution >= 4 is 24.2 Å². The van der Waals surface area contributed by atoms with Gasteiger partial charge in [0.05, 0.1) is 23.2 Å². The van der Waals surface area contributed by atoms with Gasteiger partial charge in [-0.3, -0.25) is 9.59 Å². The smallest absolute Gasteiger partial charge is 0.348 e. The molecule has 140 valence electrons. The molecule has 0 aromatic heterocycles. The third-order valence-electron chi connectivity index (χ3n) is 4.24. The molecule has 1 aliphatic carbocycles. The van der Waals surface area contributed by atoms with E-state index in [2.05, 4.69) is 10.6 Å². The van der Waals surface area contributed by atoms with Crippen LogP contribution in [0.2, 0.25) is 0 Å². The molecule has 1 aliphatic rings. The average Bonchev–Trinajstić information content (AvgIpc) is 3.01. The number of hydrogen-bond donors (Lipinski definition) is 3. The van der Waals surface area contributed by atoms with Crippen molar-refractivity contribution in [2.75, 3.05) is 13.1 Å². The molecule has 0 spiro atoms. The van der Waals surface area contributed by atoms with Crippen molar-refractivity contribution < 1.29 is 22.8 Å². The zero-order chi connectivity index (χ0) is 17.8. The van der Waals surface area contributed by atoms with Crippen LogP contribution in [0.5, 0.6) is 0 Å². The fourth-order valence-corrected chi connectivity index (χ4v) is 2.96. The van der Waals surface area contributed by atoms with Gasteiger partial charge in [-0.25, -0.2) is 0 Å². The molecule has 1 saturated carbocycles. The van der Waals surface area contributed by atoms with E-state index in [1.54, 1.807) is 0 Å². The summed E-state index contributed by atoms with van der Waals surface area (Å²) in [5.74, 6) is -1.40. The fourth-order valence-electron chi connectivity index (χ4n) is 2.96. The quantitative estimate of drug-likeness (QED) is 0.733. The zero-order valence-electron chi connectivity index (χ0n) is 13.5. The molecule has 1 aromatic carbocycles. The van der Waals surface area contributed by atoms with Gasteiger partial charge in [-0.05, 0) is 25.0 Å². The second kappa shape index (κ2) is 8.53. The van der Waals surface area contributed by atoms with Crippen LogP contribution in [0.15, 0.2) is 24.3 Å². The van der Waals surface area contributed by atoms with E-state index in [4.69, 9.17) is 5.73 Å². The number of rotatable bonds is 5. The lowest BCUT2D eigenvalue weighted by Gasteiger charge is -2.28. The first-order chi connectivity index (χ1) is 11.3. The van der Waals surface area contributed by atoms with Gasteiger partial charge in [0, 0.05) is 6.54 Å². The number of carbonyl (C=O) groups excluding carboxylic acids is 2. The molecular formula is C16H21ClF3N3O2. The first kappa shape index (κ1) is 21.2. The Bertz CT molecular complexity index is 617. The summed E-state index contributed by atoms with van der Waals surface area (Å²) < 4.78 is 38.7. The van der Waals surface area contributed by atoms with Gasteiger partial charge in [0.2, 0.25) is 5.91 Å². The highest BCUT2D eigenvalue weighted by Crippen LogP contribution is 2.31. The van der Waals surface area contributed by atoms with Crippen molar-refractivity contribution in [2.45, 2.75) is 37.4 Å². The minimum absolute atomic E-state index is 0. The van der Waals surface area contributed by atoms with Crippen molar-refractivity contribution in [2.24, 2.45) is 5.73 Å². The number of amides is 2. The van der Waals surface area contributed by atoms with E-state index >= 15 is 0 Å². The molecule has 4 N–H and O–H groups in total. The lowest BCUT2D eigenvalue weighted by molar-refractivity contribution is -0.137. The predicted molar refractivity (Wildman–Crippen MR) is 89.4 cm³/mol. The third kappa shape index (κ3) is 5.34. The second-order valence-corrected chi connectivity index (χ2v) is 5.97. The highest BCUT2D eigenvalue weighted by molar-refractivity contribution is 5.97. The van der Waals surface area contributed by atoms with E-state index in [1.807, 2.05) is 0 Å². The van der Waals surface area contributed by atoms with Crippen molar-refractivity contribution in [1.29, 1.82) is 0 Å². The largest absolute Gasteiger partial charge is 0.417 e. The van der Waals surface area contributed by atoms with E-state index in [-0.39, 0.29) is 12.4 Å². The Hall–Kier alpha value is -1.80. The molecule has 2 amide bonds. The molecule has 0 saturated heterocycles. The highest BCUT2D eigenvalue weighted by atomic mass is 35.5. The van der Waals surface area contributed by atoms with Gasteiger partial charge in [0.15, 0.2) is 0 Å². The summed E-state index contributed by atoms with van der Waals surface area (Å²) in [4.78, 5) is 24.0. The number of nitrogens with two attached hydrogens (primary N) is 1. The number of hydrogen-bond acceptors (Lipinski definition) is 3. The molecule has 0 radical (unpaired) electrons. The Balaban J connectivity index is 0.00000312. The number of halogens is 4. The summed E-state index contributed by atoms with van der Waals surface area (Å²) in [5, 5.41) is 5.03. The Labute approximate surface area is 149 Å². The molecule has 9 heteroatoms. The van der Waals surface area contributed by atoms with Gasteiger partial charge in [-0.15, -0.1) is 12.4 Å². The Kier molecular flexibility index (Phi) is 7.25. The number of alkyl halides is 3. The lowest BCUT2D eigenvalue weighted by atomic mass is 9.98. The summed E-state index contributed by atoms with van der Waals surface area (Å²) in [6.07, 6.45) is -1.19. The van der Waals surface area contributed by atoms with Crippen LogP contribution in [0.3, 0.4) is 0 Å². The molecule has 25 heavy (non-hydrogen) atoms. The summed E-state index contributed by atoms with van der Waals surface area (Å²) in [7, 11) is 0. The van der Waals surface area contributed by atoms with Crippen LogP contribution >= 0.6 is 12.4 Å². The van der Waals surface area contributed by atoms with Crippen LogP contribution in [0.1, 0.15) is 41.6 Å². The van der Waals surface area contributed by atoms with Gasteiger partial charge < -0.3 is 16.4 Å². The average molecular weight is 380 g/mol. The van der Waals surface area contributed by atoms with E-state index in [0.29, 0.717) is 6.54 Å². The minimum atomic E-state index is -4.64. The van der Waals surface area contributed by atoms with Gasteiger partial charge in [0.25, 0.3) is 5.91 Å². The summed E-state index contributed by atoms with van der Waals surface area (Å²) in [5.41, 5.74) is 3.70. The van der Waals surface area contributed by atoms with E-state index < -0.39 is 41.2 Å². The van der Waals surface area contributed by atoms with Crippen LogP contribution in [-0.2, 0) is 11.0 Å². The van der Waals surface area contributed by atoms with Crippen LogP contribution < -0.4 is 16.4 Å². The van der Waals surface area contributed by atoms with Crippen molar-refractivity contribution in [3.05, 3.63) is 35.4 Å². The van der Waals surface area contributed by atoms with E-state index in [9.17, 15) is 22.8 Å². The molecule has 0 atom stereocenters. The molecule has 1 aromatic rings. The highest BCUT2D eigenvalue weighted by Gasteiger charge is 2.36. The minimum Gasteiger partial charge on any atom is -0.348 e. The van der Waals surface area contributed by atoms with Crippen molar-refractivity contribution in [3.63, 3.8) is 0 Å². The zero-order valence-corrected chi connectivity index (χ0v) is 14.3. The first-order valence-electron chi connectivity index (χ1n) is 7.73. The SMILES string of the molecule is Cl.NCC1(NC(=O)CNC(=O)c2ccccc2C(F)(F)F)CCCC1. The second-order valence-electron chi connectivity index (χ2n) is 5.97. The van der Waals surface area contributed by atoms with Crippen LogP contribution in [0.25, 0.3) is 0 Å². The summed E-state index contributed by atoms with van der Waals surface area (Å²) in [6, 6.07) is 4.45. The number of carbonyl (C=O) groups is 2. The maximum Gasteiger partial charge on any atom is 0.417 e. The third-order valence-corrected chi connectivity index (χ3v) is 4.24. The van der Waals surface area contributed by atoms with Crippen LogP contribution in [0.4, 0.5) is 13.2 Å². The predicted octanol–water partition coefficient (Wildman–Crippen LogP) is 2.24. The van der Waals surface area contributed by atoms with E-state index in [1.165, 1.54) is 12.1 Å². The Morgan fingerprint density at radius 1 is 1.16 bits per heavy atom. The maximum atomic E-state index is 12.9. The Morgan fingerprint density at radius 2 is 1.76 bits per heavy atom. The van der Waals surface area contributed by atoms with Crippen LogP contribution in [-0.4, -0.2) is 30.4 Å². The standard InChI is InChI=1S/C16H20F3N3O2.ClH/c17-16(18,19)12-6-2-1-5-11(12)14(24)21-9-13(23)22-15(10-20)7-3-4-8-15;/h1-2,5-6H,3-4,7-10,20H2,(H,21,24)(H,22,23);1H. The fraction of sp³-hybridized carbons (Fsp3) is 0.500. The monoisotopic (exact) mass is 379 g/mol. The lowest BCUT2D eigenvalue weighted by Crippen LogP contribution is -2.54. The molecule has 2 rings (SSSR count). The van der Waals surface area contributed by atoms with Crippen molar-refractivity contribution in [3.8, 4) is 0 Å². The molecular weight excluding hydrogens is 359 g/mol.